The largest absolute Gasteiger partial charge is 0.0888 e. The maximum atomic E-state index is 2.33. The second-order valence-corrected chi connectivity index (χ2v) is 7.49. The zero-order chi connectivity index (χ0) is 22.5. The van der Waals surface area contributed by atoms with E-state index in [4.69, 9.17) is 0 Å². The fourth-order valence-corrected chi connectivity index (χ4v) is 3.41. The van der Waals surface area contributed by atoms with Crippen molar-refractivity contribution in [3.8, 4) is 0 Å². The number of hydrogen-bond acceptors (Lipinski definition) is 0. The van der Waals surface area contributed by atoms with Crippen LogP contribution in [-0.2, 0) is 0 Å². The van der Waals surface area contributed by atoms with E-state index in [0.717, 1.165) is 12.8 Å². The quantitative estimate of drug-likeness (QED) is 0.226. The number of benzene rings is 1. The lowest BCUT2D eigenvalue weighted by Crippen LogP contribution is -2.07. The van der Waals surface area contributed by atoms with Crippen LogP contribution in [-0.4, -0.2) is 0 Å². The molecule has 3 unspecified atom stereocenters. The first kappa shape index (κ1) is 27.9. The van der Waals surface area contributed by atoms with Gasteiger partial charge in [0.15, 0.2) is 0 Å². The molecule has 0 heterocycles. The topological polar surface area (TPSA) is 0 Å². The Morgan fingerprint density at radius 2 is 1.37 bits per heavy atom. The molecule has 0 radical (unpaired) electrons. The third-order valence-electron chi connectivity index (χ3n) is 5.18. The molecule has 0 heteroatoms. The van der Waals surface area contributed by atoms with Gasteiger partial charge in [0.1, 0.15) is 0 Å². The van der Waals surface area contributed by atoms with Gasteiger partial charge in [0.2, 0.25) is 0 Å². The lowest BCUT2D eigenvalue weighted by molar-refractivity contribution is 0.503. The molecule has 1 aromatic rings. The van der Waals surface area contributed by atoms with Gasteiger partial charge in [-0.2, -0.15) is 0 Å². The first-order valence-electron chi connectivity index (χ1n) is 12.1. The van der Waals surface area contributed by atoms with Crippen LogP contribution in [0.3, 0.4) is 0 Å². The van der Waals surface area contributed by atoms with Crippen LogP contribution in [0, 0.1) is 11.8 Å². The van der Waals surface area contributed by atoms with Gasteiger partial charge >= 0.3 is 0 Å². The predicted molar refractivity (Wildman–Crippen MR) is 139 cm³/mol. The smallest absolute Gasteiger partial charge is 0.0102 e. The van der Waals surface area contributed by atoms with Gasteiger partial charge in [0.25, 0.3) is 0 Å². The van der Waals surface area contributed by atoms with Crippen LogP contribution >= 0.6 is 0 Å². The summed E-state index contributed by atoms with van der Waals surface area (Å²) in [4.78, 5) is 0. The second kappa shape index (κ2) is 20.2. The van der Waals surface area contributed by atoms with Gasteiger partial charge in [0.05, 0.1) is 0 Å². The van der Waals surface area contributed by atoms with E-state index in [1.807, 2.05) is 13.8 Å². The minimum atomic E-state index is 0.539. The summed E-state index contributed by atoms with van der Waals surface area (Å²) in [7, 11) is 0. The fourth-order valence-electron chi connectivity index (χ4n) is 3.41. The molecule has 0 saturated carbocycles. The molecule has 0 saturated heterocycles. The third kappa shape index (κ3) is 13.2. The van der Waals surface area contributed by atoms with E-state index in [1.165, 1.54) is 24.8 Å². The molecule has 0 bridgehead atoms. The molecule has 1 rings (SSSR count). The zero-order valence-corrected chi connectivity index (χ0v) is 20.4. The van der Waals surface area contributed by atoms with Crippen molar-refractivity contribution in [2.24, 2.45) is 11.8 Å². The summed E-state index contributed by atoms with van der Waals surface area (Å²) in [5, 5.41) is 0. The molecule has 0 aliphatic heterocycles. The van der Waals surface area contributed by atoms with Crippen LogP contribution < -0.4 is 0 Å². The Morgan fingerprint density at radius 3 is 1.93 bits per heavy atom. The Hall–Kier alpha value is -2.08. The van der Waals surface area contributed by atoms with E-state index in [2.05, 4.69) is 119 Å². The standard InChI is InChI=1S/C28H40.C2H6/c1-5-8-14-21-26(7-3)22-16-12-10-9-11-15-20-25(4)28(19-6-2)27-23-17-13-18-24-27;1-2/h8-18,20,22-26,28H,5-7,19,21H2,1-4H3;1-2H3/b11-9+,12-10-,14-8-,20-15+,22-16+;. The summed E-state index contributed by atoms with van der Waals surface area (Å²) in [5.74, 6) is 1.78. The van der Waals surface area contributed by atoms with Crippen molar-refractivity contribution in [2.75, 3.05) is 0 Å². The first-order valence-corrected chi connectivity index (χ1v) is 12.1. The first-order chi connectivity index (χ1) is 14.7. The van der Waals surface area contributed by atoms with Crippen molar-refractivity contribution in [1.29, 1.82) is 0 Å². The number of allylic oxidation sites excluding steroid dienone is 10. The molecule has 3 atom stereocenters. The molecule has 0 aromatic heterocycles. The van der Waals surface area contributed by atoms with Gasteiger partial charge in [-0.1, -0.05) is 139 Å². The van der Waals surface area contributed by atoms with Gasteiger partial charge in [-0.25, -0.2) is 0 Å². The highest BCUT2D eigenvalue weighted by molar-refractivity contribution is 5.22. The van der Waals surface area contributed by atoms with E-state index in [9.17, 15) is 0 Å². The Bertz CT molecular complexity index is 627. The fraction of sp³-hybridized carbons (Fsp3) is 0.467. The van der Waals surface area contributed by atoms with E-state index in [1.54, 1.807) is 0 Å². The molecule has 30 heavy (non-hydrogen) atoms. The summed E-state index contributed by atoms with van der Waals surface area (Å²) >= 11 is 0. The molecular weight excluding hydrogens is 360 g/mol. The van der Waals surface area contributed by atoms with Crippen molar-refractivity contribution in [3.63, 3.8) is 0 Å². The molecule has 0 N–H and O–H groups in total. The Morgan fingerprint density at radius 1 is 0.767 bits per heavy atom. The normalized spacial score (nSPS) is 15.3. The van der Waals surface area contributed by atoms with Gasteiger partial charge < -0.3 is 0 Å². The van der Waals surface area contributed by atoms with Crippen molar-refractivity contribution in [1.82, 2.24) is 0 Å². The molecule has 166 valence electrons. The summed E-state index contributed by atoms with van der Waals surface area (Å²) < 4.78 is 0. The number of rotatable bonds is 13. The Balaban J connectivity index is 0.00000407. The molecule has 0 aliphatic carbocycles. The minimum absolute atomic E-state index is 0.539. The molecule has 0 aliphatic rings. The predicted octanol–water partition coefficient (Wildman–Crippen LogP) is 9.84. The molecule has 1 aromatic carbocycles. The average molecular weight is 407 g/mol. The van der Waals surface area contributed by atoms with Gasteiger partial charge in [-0.15, -0.1) is 0 Å². The van der Waals surface area contributed by atoms with Crippen LogP contribution in [0.2, 0.25) is 0 Å². The molecule has 0 amide bonds. The average Bonchev–Trinajstić information content (AvgIpc) is 2.79. The summed E-state index contributed by atoms with van der Waals surface area (Å²) in [5.41, 5.74) is 1.45. The molecule has 0 nitrogen and oxygen atoms in total. The SMILES string of the molecule is CC.CC/C=C\CC(/C=C/C=C\C=C\C=C\C(C)C(CCC)c1ccccc1)CC. The highest BCUT2D eigenvalue weighted by Crippen LogP contribution is 2.30. The zero-order valence-electron chi connectivity index (χ0n) is 20.4. The van der Waals surface area contributed by atoms with Gasteiger partial charge in [0, 0.05) is 0 Å². The highest BCUT2D eigenvalue weighted by Gasteiger charge is 2.15. The molecular formula is C30H46. The summed E-state index contributed by atoms with van der Waals surface area (Å²) in [6, 6.07) is 10.9. The van der Waals surface area contributed by atoms with E-state index in [-0.39, 0.29) is 0 Å². The maximum absolute atomic E-state index is 2.33. The van der Waals surface area contributed by atoms with Crippen LogP contribution in [0.1, 0.15) is 85.1 Å². The monoisotopic (exact) mass is 406 g/mol. The molecule has 0 fully saturated rings. The van der Waals surface area contributed by atoms with E-state index < -0.39 is 0 Å². The summed E-state index contributed by atoms with van der Waals surface area (Å²) in [6.07, 6.45) is 28.0. The van der Waals surface area contributed by atoms with Gasteiger partial charge in [-0.05, 0) is 49.0 Å². The highest BCUT2D eigenvalue weighted by atomic mass is 14.2. The Kier molecular flexibility index (Phi) is 18.8. The van der Waals surface area contributed by atoms with Crippen LogP contribution in [0.25, 0.3) is 0 Å². The maximum Gasteiger partial charge on any atom is -0.0102 e. The molecule has 0 spiro atoms. The minimum Gasteiger partial charge on any atom is -0.0888 e. The van der Waals surface area contributed by atoms with Crippen LogP contribution in [0.15, 0.2) is 91.1 Å². The van der Waals surface area contributed by atoms with Crippen LogP contribution in [0.5, 0.6) is 0 Å². The van der Waals surface area contributed by atoms with Crippen molar-refractivity contribution in [3.05, 3.63) is 96.7 Å². The van der Waals surface area contributed by atoms with E-state index in [0.29, 0.717) is 17.8 Å². The summed E-state index contributed by atoms with van der Waals surface area (Å²) in [6.45, 7) is 13.0. The van der Waals surface area contributed by atoms with E-state index >= 15 is 0 Å². The van der Waals surface area contributed by atoms with Crippen molar-refractivity contribution < 1.29 is 0 Å². The lowest BCUT2D eigenvalue weighted by atomic mass is 9.83. The van der Waals surface area contributed by atoms with Crippen LogP contribution in [0.4, 0.5) is 0 Å². The lowest BCUT2D eigenvalue weighted by Gasteiger charge is -2.21. The van der Waals surface area contributed by atoms with Crippen molar-refractivity contribution >= 4 is 0 Å². The van der Waals surface area contributed by atoms with Gasteiger partial charge in [-0.3, -0.25) is 0 Å². The second-order valence-electron chi connectivity index (χ2n) is 7.49. The Labute approximate surface area is 188 Å². The van der Waals surface area contributed by atoms with Crippen molar-refractivity contribution in [2.45, 2.75) is 79.6 Å². The number of hydrogen-bond donors (Lipinski definition) is 0. The third-order valence-corrected chi connectivity index (χ3v) is 5.18.